The maximum absolute atomic E-state index is 13.6. The van der Waals surface area contributed by atoms with Crippen molar-refractivity contribution in [3.8, 4) is 11.9 Å². The van der Waals surface area contributed by atoms with Crippen LogP contribution in [0.15, 0.2) is 73.1 Å². The molecule has 0 saturated carbocycles. The largest absolute Gasteiger partial charge is 0.470 e. The number of hydrogen-bond donors (Lipinski definition) is 0. The number of benzene rings is 2. The fourth-order valence-electron chi connectivity index (χ4n) is 3.83. The Morgan fingerprint density at radius 1 is 1.03 bits per heavy atom. The average molecular weight is 398 g/mol. The minimum atomic E-state index is -0.364. The summed E-state index contributed by atoms with van der Waals surface area (Å²) in [6.45, 7) is 1.14. The number of ether oxygens (including phenoxy) is 1. The van der Waals surface area contributed by atoms with Crippen molar-refractivity contribution in [1.82, 2.24) is 14.9 Å². The van der Waals surface area contributed by atoms with Crippen molar-refractivity contribution < 1.29 is 9.53 Å². The van der Waals surface area contributed by atoms with Crippen LogP contribution in [0.25, 0.3) is 0 Å². The fraction of sp³-hybridized carbons (Fsp3) is 0.250. The van der Waals surface area contributed by atoms with Gasteiger partial charge in [-0.05, 0) is 24.0 Å². The van der Waals surface area contributed by atoms with E-state index >= 15 is 0 Å². The fourth-order valence-corrected chi connectivity index (χ4v) is 3.83. The van der Waals surface area contributed by atoms with Crippen molar-refractivity contribution >= 4 is 5.91 Å². The topological polar surface area (TPSA) is 79.1 Å². The molecular weight excluding hydrogens is 376 g/mol. The molecule has 2 aromatic carbocycles. The van der Waals surface area contributed by atoms with Crippen LogP contribution in [0.3, 0.4) is 0 Å². The standard InChI is InChI=1S/C24H22N4O2/c25-16-21-23(27-14-13-26-21)30-20-12-7-15-28(17-20)24(29)22(18-8-3-1-4-9-18)19-10-5-2-6-11-19/h1-6,8-11,13-14,20,22H,7,12,15,17H2. The van der Waals surface area contributed by atoms with Gasteiger partial charge in [-0.25, -0.2) is 9.97 Å². The number of hydrogen-bond acceptors (Lipinski definition) is 5. The molecule has 1 unspecified atom stereocenters. The number of aromatic nitrogens is 2. The number of piperidine rings is 1. The number of carbonyl (C=O) groups excluding carboxylic acids is 1. The van der Waals surface area contributed by atoms with Gasteiger partial charge in [0.15, 0.2) is 0 Å². The summed E-state index contributed by atoms with van der Waals surface area (Å²) in [5.74, 6) is -0.0837. The molecular formula is C24H22N4O2. The van der Waals surface area contributed by atoms with E-state index in [1.54, 1.807) is 0 Å². The second-order valence-corrected chi connectivity index (χ2v) is 7.24. The molecule has 1 saturated heterocycles. The van der Waals surface area contributed by atoms with Crippen molar-refractivity contribution in [3.63, 3.8) is 0 Å². The van der Waals surface area contributed by atoms with Crippen molar-refractivity contribution in [1.29, 1.82) is 5.26 Å². The maximum atomic E-state index is 13.6. The number of rotatable bonds is 5. The van der Waals surface area contributed by atoms with Crippen LogP contribution in [0.2, 0.25) is 0 Å². The third-order valence-corrected chi connectivity index (χ3v) is 5.25. The van der Waals surface area contributed by atoms with Crippen LogP contribution < -0.4 is 4.74 Å². The normalized spacial score (nSPS) is 16.1. The highest BCUT2D eigenvalue weighted by Gasteiger charge is 2.32. The zero-order valence-corrected chi connectivity index (χ0v) is 16.5. The van der Waals surface area contributed by atoms with Gasteiger partial charge in [-0.15, -0.1) is 0 Å². The Balaban J connectivity index is 1.55. The summed E-state index contributed by atoms with van der Waals surface area (Å²) in [5.41, 5.74) is 2.10. The predicted molar refractivity (Wildman–Crippen MR) is 112 cm³/mol. The van der Waals surface area contributed by atoms with Crippen LogP contribution in [0.5, 0.6) is 5.88 Å². The van der Waals surface area contributed by atoms with Crippen LogP contribution in [0.1, 0.15) is 35.6 Å². The molecule has 0 aliphatic carbocycles. The Labute approximate surface area is 175 Å². The highest BCUT2D eigenvalue weighted by molar-refractivity contribution is 5.87. The van der Waals surface area contributed by atoms with E-state index in [0.717, 1.165) is 24.0 Å². The summed E-state index contributed by atoms with van der Waals surface area (Å²) in [5, 5.41) is 9.22. The number of nitrogens with zero attached hydrogens (tertiary/aromatic N) is 4. The molecule has 1 aliphatic rings. The Morgan fingerprint density at radius 3 is 2.30 bits per heavy atom. The van der Waals surface area contributed by atoms with Gasteiger partial charge in [0.2, 0.25) is 11.6 Å². The van der Waals surface area contributed by atoms with Gasteiger partial charge in [0, 0.05) is 18.9 Å². The highest BCUT2D eigenvalue weighted by Crippen LogP contribution is 2.29. The van der Waals surface area contributed by atoms with Crippen molar-refractivity contribution in [2.45, 2.75) is 24.9 Å². The lowest BCUT2D eigenvalue weighted by Gasteiger charge is -2.35. The summed E-state index contributed by atoms with van der Waals surface area (Å²) in [7, 11) is 0. The van der Waals surface area contributed by atoms with E-state index in [1.807, 2.05) is 71.6 Å². The van der Waals surface area contributed by atoms with E-state index in [2.05, 4.69) is 9.97 Å². The first kappa shape index (κ1) is 19.6. The van der Waals surface area contributed by atoms with E-state index in [9.17, 15) is 10.1 Å². The molecule has 1 fully saturated rings. The van der Waals surface area contributed by atoms with Gasteiger partial charge in [0.25, 0.3) is 5.88 Å². The molecule has 6 nitrogen and oxygen atoms in total. The molecule has 0 radical (unpaired) electrons. The Bertz CT molecular complexity index is 994. The number of carbonyl (C=O) groups is 1. The summed E-state index contributed by atoms with van der Waals surface area (Å²) in [4.78, 5) is 23.6. The van der Waals surface area contributed by atoms with E-state index in [-0.39, 0.29) is 29.5 Å². The minimum absolute atomic E-state index is 0.0559. The third-order valence-electron chi connectivity index (χ3n) is 5.25. The molecule has 3 aromatic rings. The monoisotopic (exact) mass is 398 g/mol. The molecule has 150 valence electrons. The first-order valence-electron chi connectivity index (χ1n) is 10.0. The summed E-state index contributed by atoms with van der Waals surface area (Å²) in [6.07, 6.45) is 4.37. The molecule has 1 atom stereocenters. The second kappa shape index (κ2) is 9.19. The number of likely N-dealkylation sites (tertiary alicyclic amines) is 1. The van der Waals surface area contributed by atoms with Gasteiger partial charge < -0.3 is 9.64 Å². The van der Waals surface area contributed by atoms with Gasteiger partial charge in [-0.2, -0.15) is 5.26 Å². The molecule has 1 aliphatic heterocycles. The highest BCUT2D eigenvalue weighted by atomic mass is 16.5. The van der Waals surface area contributed by atoms with Crippen molar-refractivity contribution in [2.24, 2.45) is 0 Å². The average Bonchev–Trinajstić information content (AvgIpc) is 2.81. The van der Waals surface area contributed by atoms with Crippen LogP contribution in [0.4, 0.5) is 0 Å². The van der Waals surface area contributed by atoms with E-state index in [0.29, 0.717) is 13.1 Å². The zero-order valence-electron chi connectivity index (χ0n) is 16.5. The Kier molecular flexibility index (Phi) is 6.00. The maximum Gasteiger partial charge on any atom is 0.251 e. The first-order valence-corrected chi connectivity index (χ1v) is 10.0. The number of nitriles is 1. The molecule has 0 spiro atoms. The smallest absolute Gasteiger partial charge is 0.251 e. The third kappa shape index (κ3) is 4.31. The molecule has 30 heavy (non-hydrogen) atoms. The Hall–Kier alpha value is -3.72. The first-order chi connectivity index (χ1) is 14.8. The van der Waals surface area contributed by atoms with Crippen LogP contribution in [0, 0.1) is 11.3 Å². The zero-order chi connectivity index (χ0) is 20.8. The lowest BCUT2D eigenvalue weighted by atomic mass is 9.89. The summed E-state index contributed by atoms with van der Waals surface area (Å²) >= 11 is 0. The van der Waals surface area contributed by atoms with Gasteiger partial charge in [-0.1, -0.05) is 60.7 Å². The molecule has 1 amide bonds. The lowest BCUT2D eigenvalue weighted by molar-refractivity contribution is -0.134. The molecule has 6 heteroatoms. The van der Waals surface area contributed by atoms with Gasteiger partial charge in [0.1, 0.15) is 12.2 Å². The van der Waals surface area contributed by atoms with Crippen LogP contribution in [-0.4, -0.2) is 40.0 Å². The lowest BCUT2D eigenvalue weighted by Crippen LogP contribution is -2.46. The molecule has 4 rings (SSSR count). The molecule has 2 heterocycles. The quantitative estimate of drug-likeness (QED) is 0.657. The van der Waals surface area contributed by atoms with Gasteiger partial charge in [-0.3, -0.25) is 4.79 Å². The van der Waals surface area contributed by atoms with Crippen LogP contribution in [-0.2, 0) is 4.79 Å². The predicted octanol–water partition coefficient (Wildman–Crippen LogP) is 3.55. The number of amides is 1. The van der Waals surface area contributed by atoms with Crippen molar-refractivity contribution in [3.05, 3.63) is 89.9 Å². The molecule has 1 aromatic heterocycles. The minimum Gasteiger partial charge on any atom is -0.470 e. The molecule has 0 N–H and O–H groups in total. The summed E-state index contributed by atoms with van der Waals surface area (Å²) < 4.78 is 5.96. The SMILES string of the molecule is N#Cc1nccnc1OC1CCCN(C(=O)C(c2ccccc2)c2ccccc2)C1. The van der Waals surface area contributed by atoms with E-state index < -0.39 is 0 Å². The van der Waals surface area contributed by atoms with E-state index in [1.165, 1.54) is 12.4 Å². The summed E-state index contributed by atoms with van der Waals surface area (Å²) in [6, 6.07) is 21.7. The molecule has 0 bridgehead atoms. The van der Waals surface area contributed by atoms with Gasteiger partial charge >= 0.3 is 0 Å². The van der Waals surface area contributed by atoms with Gasteiger partial charge in [0.05, 0.1) is 12.5 Å². The van der Waals surface area contributed by atoms with E-state index in [4.69, 9.17) is 4.74 Å². The Morgan fingerprint density at radius 2 is 1.67 bits per heavy atom. The second-order valence-electron chi connectivity index (χ2n) is 7.24. The van der Waals surface area contributed by atoms with Crippen molar-refractivity contribution in [2.75, 3.05) is 13.1 Å². The van der Waals surface area contributed by atoms with Crippen LogP contribution >= 0.6 is 0 Å².